The van der Waals surface area contributed by atoms with Gasteiger partial charge >= 0.3 is 0 Å². The summed E-state index contributed by atoms with van der Waals surface area (Å²) in [4.78, 5) is 2.77. The van der Waals surface area contributed by atoms with Crippen molar-refractivity contribution in [2.75, 3.05) is 13.1 Å². The van der Waals surface area contributed by atoms with E-state index in [2.05, 4.69) is 32.6 Å². The molecule has 1 fully saturated rings. The molecular formula is C17H36N2. The molecule has 1 aliphatic rings. The van der Waals surface area contributed by atoms with Gasteiger partial charge in [-0.15, -0.1) is 0 Å². The topological polar surface area (TPSA) is 29.3 Å². The quantitative estimate of drug-likeness (QED) is 0.715. The average Bonchev–Trinajstić information content (AvgIpc) is 2.47. The van der Waals surface area contributed by atoms with Gasteiger partial charge in [-0.2, -0.15) is 0 Å². The molecule has 1 atom stereocenters. The van der Waals surface area contributed by atoms with E-state index in [0.717, 1.165) is 12.5 Å². The number of unbranched alkanes of at least 4 members (excludes halogenated alkanes) is 1. The van der Waals surface area contributed by atoms with Crippen molar-refractivity contribution in [3.05, 3.63) is 0 Å². The third-order valence-electron chi connectivity index (χ3n) is 5.48. The smallest absolute Gasteiger partial charge is 0.0334 e. The van der Waals surface area contributed by atoms with Crippen molar-refractivity contribution in [2.45, 2.75) is 90.6 Å². The Balaban J connectivity index is 2.77. The molecule has 0 bridgehead atoms. The highest BCUT2D eigenvalue weighted by Gasteiger charge is 2.40. The maximum atomic E-state index is 6.25. The zero-order chi connectivity index (χ0) is 14.3. The highest BCUT2D eigenvalue weighted by molar-refractivity contribution is 4.97. The Kier molecular flexibility index (Phi) is 7.38. The molecule has 1 saturated carbocycles. The predicted molar refractivity (Wildman–Crippen MR) is 85.4 cm³/mol. The van der Waals surface area contributed by atoms with Gasteiger partial charge < -0.3 is 5.73 Å². The van der Waals surface area contributed by atoms with Gasteiger partial charge in [-0.25, -0.2) is 0 Å². The molecule has 2 heteroatoms. The maximum absolute atomic E-state index is 6.25. The van der Waals surface area contributed by atoms with Gasteiger partial charge in [0.15, 0.2) is 0 Å². The lowest BCUT2D eigenvalue weighted by Gasteiger charge is -2.50. The summed E-state index contributed by atoms with van der Waals surface area (Å²) in [6.45, 7) is 11.4. The van der Waals surface area contributed by atoms with Crippen LogP contribution in [0, 0.1) is 5.92 Å². The van der Waals surface area contributed by atoms with Crippen LogP contribution < -0.4 is 5.73 Å². The van der Waals surface area contributed by atoms with E-state index in [1.807, 2.05) is 0 Å². The van der Waals surface area contributed by atoms with Gasteiger partial charge in [-0.1, -0.05) is 33.6 Å². The SMILES string of the molecule is CCCCN(C(C)CC)C1(CN)CCC(CC)CC1. The van der Waals surface area contributed by atoms with Crippen molar-refractivity contribution >= 4 is 0 Å². The highest BCUT2D eigenvalue weighted by Crippen LogP contribution is 2.38. The fraction of sp³-hybridized carbons (Fsp3) is 1.00. The van der Waals surface area contributed by atoms with Crippen molar-refractivity contribution < 1.29 is 0 Å². The zero-order valence-electron chi connectivity index (χ0n) is 13.8. The molecule has 2 N–H and O–H groups in total. The van der Waals surface area contributed by atoms with E-state index in [1.54, 1.807) is 0 Å². The number of rotatable bonds is 8. The minimum Gasteiger partial charge on any atom is -0.329 e. The molecular weight excluding hydrogens is 232 g/mol. The number of nitrogens with two attached hydrogens (primary N) is 1. The molecule has 0 aromatic heterocycles. The Morgan fingerprint density at radius 1 is 1.21 bits per heavy atom. The number of hydrogen-bond acceptors (Lipinski definition) is 2. The van der Waals surface area contributed by atoms with Gasteiger partial charge in [0.05, 0.1) is 0 Å². The molecule has 114 valence electrons. The van der Waals surface area contributed by atoms with E-state index in [0.29, 0.717) is 11.6 Å². The second kappa shape index (κ2) is 8.26. The van der Waals surface area contributed by atoms with Crippen LogP contribution in [0.2, 0.25) is 0 Å². The Hall–Kier alpha value is -0.0800. The molecule has 0 heterocycles. The van der Waals surface area contributed by atoms with Gasteiger partial charge in [0, 0.05) is 18.1 Å². The van der Waals surface area contributed by atoms with Gasteiger partial charge in [0.1, 0.15) is 0 Å². The Morgan fingerprint density at radius 3 is 2.26 bits per heavy atom. The normalized spacial score (nSPS) is 29.7. The molecule has 0 aromatic rings. The van der Waals surface area contributed by atoms with Crippen LogP contribution in [0.5, 0.6) is 0 Å². The zero-order valence-corrected chi connectivity index (χ0v) is 13.8. The average molecular weight is 268 g/mol. The van der Waals surface area contributed by atoms with Crippen molar-refractivity contribution in [2.24, 2.45) is 11.7 Å². The third-order valence-corrected chi connectivity index (χ3v) is 5.48. The summed E-state index contributed by atoms with van der Waals surface area (Å²) in [5.74, 6) is 0.949. The van der Waals surface area contributed by atoms with Crippen LogP contribution in [0.15, 0.2) is 0 Å². The minimum atomic E-state index is 0.302. The van der Waals surface area contributed by atoms with E-state index in [9.17, 15) is 0 Å². The van der Waals surface area contributed by atoms with Crippen LogP contribution >= 0.6 is 0 Å². The van der Waals surface area contributed by atoms with E-state index in [4.69, 9.17) is 5.73 Å². The third kappa shape index (κ3) is 4.19. The first-order valence-corrected chi connectivity index (χ1v) is 8.60. The van der Waals surface area contributed by atoms with Gasteiger partial charge in [0.2, 0.25) is 0 Å². The standard InChI is InChI=1S/C17H36N2/c1-5-8-13-19(15(4)6-2)17(14-18)11-9-16(7-3)10-12-17/h15-16H,5-14,18H2,1-4H3. The summed E-state index contributed by atoms with van der Waals surface area (Å²) in [7, 11) is 0. The van der Waals surface area contributed by atoms with Crippen molar-refractivity contribution in [1.82, 2.24) is 4.90 Å². The fourth-order valence-corrected chi connectivity index (χ4v) is 3.71. The van der Waals surface area contributed by atoms with E-state index in [-0.39, 0.29) is 0 Å². The molecule has 2 nitrogen and oxygen atoms in total. The Morgan fingerprint density at radius 2 is 1.84 bits per heavy atom. The highest BCUT2D eigenvalue weighted by atomic mass is 15.2. The predicted octanol–water partition coefficient (Wildman–Crippen LogP) is 4.18. The first kappa shape index (κ1) is 17.0. The Labute approximate surface area is 121 Å². The van der Waals surface area contributed by atoms with Crippen molar-refractivity contribution in [3.63, 3.8) is 0 Å². The van der Waals surface area contributed by atoms with Crippen LogP contribution in [-0.2, 0) is 0 Å². The van der Waals surface area contributed by atoms with Crippen LogP contribution in [-0.4, -0.2) is 29.6 Å². The lowest BCUT2D eigenvalue weighted by molar-refractivity contribution is 0.00975. The van der Waals surface area contributed by atoms with Crippen molar-refractivity contribution in [3.8, 4) is 0 Å². The molecule has 0 radical (unpaired) electrons. The summed E-state index contributed by atoms with van der Waals surface area (Å²) >= 11 is 0. The minimum absolute atomic E-state index is 0.302. The second-order valence-electron chi connectivity index (χ2n) is 6.58. The molecule has 19 heavy (non-hydrogen) atoms. The molecule has 0 aliphatic heterocycles. The summed E-state index contributed by atoms with van der Waals surface area (Å²) in [5.41, 5.74) is 6.55. The molecule has 0 saturated heterocycles. The monoisotopic (exact) mass is 268 g/mol. The molecule has 0 aromatic carbocycles. The van der Waals surface area contributed by atoms with Crippen LogP contribution in [0.1, 0.15) is 79.1 Å². The fourth-order valence-electron chi connectivity index (χ4n) is 3.71. The largest absolute Gasteiger partial charge is 0.329 e. The van der Waals surface area contributed by atoms with E-state index < -0.39 is 0 Å². The molecule has 0 amide bonds. The maximum Gasteiger partial charge on any atom is 0.0334 e. The van der Waals surface area contributed by atoms with E-state index >= 15 is 0 Å². The van der Waals surface area contributed by atoms with Gasteiger partial charge in [-0.05, 0) is 57.9 Å². The van der Waals surface area contributed by atoms with Gasteiger partial charge in [-0.3, -0.25) is 4.90 Å². The van der Waals surface area contributed by atoms with Crippen LogP contribution in [0.25, 0.3) is 0 Å². The lowest BCUT2D eigenvalue weighted by Crippen LogP contribution is -2.58. The molecule has 1 rings (SSSR count). The first-order chi connectivity index (χ1) is 9.13. The van der Waals surface area contributed by atoms with Crippen LogP contribution in [0.4, 0.5) is 0 Å². The van der Waals surface area contributed by atoms with Crippen LogP contribution in [0.3, 0.4) is 0 Å². The number of nitrogens with zero attached hydrogens (tertiary/aromatic N) is 1. The molecule has 0 spiro atoms. The summed E-state index contributed by atoms with van der Waals surface area (Å²) < 4.78 is 0. The summed E-state index contributed by atoms with van der Waals surface area (Å²) in [6, 6.07) is 0.674. The molecule has 1 aliphatic carbocycles. The summed E-state index contributed by atoms with van der Waals surface area (Å²) in [6.07, 6.45) is 10.6. The number of hydrogen-bond donors (Lipinski definition) is 1. The Bertz CT molecular complexity index is 231. The van der Waals surface area contributed by atoms with Crippen molar-refractivity contribution in [1.29, 1.82) is 0 Å². The van der Waals surface area contributed by atoms with E-state index in [1.165, 1.54) is 57.9 Å². The molecule has 1 unspecified atom stereocenters. The second-order valence-corrected chi connectivity index (χ2v) is 6.58. The summed E-state index contributed by atoms with van der Waals surface area (Å²) in [5, 5.41) is 0. The lowest BCUT2D eigenvalue weighted by atomic mass is 9.74. The van der Waals surface area contributed by atoms with Gasteiger partial charge in [0.25, 0.3) is 0 Å². The first-order valence-electron chi connectivity index (χ1n) is 8.60.